The Morgan fingerprint density at radius 1 is 1.54 bits per heavy atom. The van der Waals surface area contributed by atoms with E-state index in [9.17, 15) is 4.79 Å². The van der Waals surface area contributed by atoms with E-state index in [0.717, 1.165) is 39.0 Å². The fraction of sp³-hybridized carbons (Fsp3) is 0.889. The van der Waals surface area contributed by atoms with Crippen molar-refractivity contribution in [2.24, 2.45) is 5.73 Å². The van der Waals surface area contributed by atoms with E-state index in [1.165, 1.54) is 0 Å². The molecule has 4 heteroatoms. The van der Waals surface area contributed by atoms with Crippen LogP contribution in [-0.2, 0) is 4.79 Å². The molecule has 0 aromatic heterocycles. The normalized spacial score (nSPS) is 20.2. The number of hydrogen-bond donors (Lipinski definition) is 2. The summed E-state index contributed by atoms with van der Waals surface area (Å²) in [5.74, 6) is 0.0497. The number of piperidine rings is 1. The Morgan fingerprint density at radius 2 is 2.15 bits per heavy atom. The lowest BCUT2D eigenvalue weighted by Crippen LogP contribution is -2.42. The summed E-state index contributed by atoms with van der Waals surface area (Å²) in [6.45, 7) is 5.39. The van der Waals surface area contributed by atoms with Crippen molar-refractivity contribution in [1.29, 1.82) is 0 Å². The Morgan fingerprint density at radius 3 is 2.69 bits per heavy atom. The van der Waals surface area contributed by atoms with Gasteiger partial charge in [-0.1, -0.05) is 0 Å². The minimum absolute atomic E-state index is 0.0497. The van der Waals surface area contributed by atoms with Gasteiger partial charge in [-0.2, -0.15) is 0 Å². The van der Waals surface area contributed by atoms with E-state index >= 15 is 0 Å². The van der Waals surface area contributed by atoms with Gasteiger partial charge in [-0.25, -0.2) is 0 Å². The van der Waals surface area contributed by atoms with Gasteiger partial charge >= 0.3 is 0 Å². The van der Waals surface area contributed by atoms with Gasteiger partial charge in [-0.3, -0.25) is 4.79 Å². The summed E-state index contributed by atoms with van der Waals surface area (Å²) in [6, 6.07) is 0.386. The van der Waals surface area contributed by atoms with Crippen molar-refractivity contribution in [3.63, 3.8) is 0 Å². The number of amides is 1. The molecule has 1 aliphatic rings. The van der Waals surface area contributed by atoms with Crippen LogP contribution in [-0.4, -0.2) is 43.0 Å². The van der Waals surface area contributed by atoms with Gasteiger partial charge < -0.3 is 16.0 Å². The molecule has 1 rings (SSSR count). The van der Waals surface area contributed by atoms with E-state index in [1.807, 2.05) is 0 Å². The van der Waals surface area contributed by atoms with Gasteiger partial charge in [0.15, 0.2) is 0 Å². The van der Waals surface area contributed by atoms with Crippen molar-refractivity contribution in [3.05, 3.63) is 0 Å². The van der Waals surface area contributed by atoms with Crippen LogP contribution in [0.2, 0.25) is 0 Å². The van der Waals surface area contributed by atoms with E-state index < -0.39 is 0 Å². The third-order valence-electron chi connectivity index (χ3n) is 2.43. The van der Waals surface area contributed by atoms with Gasteiger partial charge in [0, 0.05) is 26.1 Å². The van der Waals surface area contributed by atoms with Crippen LogP contribution in [0.4, 0.5) is 0 Å². The van der Waals surface area contributed by atoms with Crippen LogP contribution in [0.25, 0.3) is 0 Å². The van der Waals surface area contributed by atoms with Gasteiger partial charge in [0.25, 0.3) is 0 Å². The Hall–Kier alpha value is -0.610. The van der Waals surface area contributed by atoms with E-state index in [1.54, 1.807) is 6.92 Å². The molecular formula is C9H19N3O. The van der Waals surface area contributed by atoms with Gasteiger partial charge in [-0.05, 0) is 25.9 Å². The molecule has 0 aromatic carbocycles. The molecular weight excluding hydrogens is 166 g/mol. The highest BCUT2D eigenvalue weighted by molar-refractivity contribution is 5.72. The van der Waals surface area contributed by atoms with Crippen molar-refractivity contribution in [3.8, 4) is 0 Å². The minimum Gasteiger partial charge on any atom is -0.355 e. The zero-order valence-electron chi connectivity index (χ0n) is 8.25. The Kier molecular flexibility index (Phi) is 4.18. The van der Waals surface area contributed by atoms with Gasteiger partial charge in [0.2, 0.25) is 5.91 Å². The second-order valence-corrected chi connectivity index (χ2v) is 3.66. The van der Waals surface area contributed by atoms with Crippen LogP contribution < -0.4 is 11.1 Å². The first-order valence-corrected chi connectivity index (χ1v) is 4.91. The number of carbonyl (C=O) groups excluding carboxylic acids is 1. The van der Waals surface area contributed by atoms with E-state index in [2.05, 4.69) is 10.2 Å². The van der Waals surface area contributed by atoms with Crippen LogP contribution in [0.3, 0.4) is 0 Å². The predicted molar refractivity (Wildman–Crippen MR) is 52.3 cm³/mol. The quantitative estimate of drug-likeness (QED) is 0.626. The molecule has 0 atom stereocenters. The Bertz CT molecular complexity index is 164. The summed E-state index contributed by atoms with van der Waals surface area (Å²) < 4.78 is 0. The standard InChI is InChI=1S/C9H19N3O/c1-8(13)11-4-7-12-5-2-9(10)3-6-12/h9H,2-7,10H2,1H3,(H,11,13). The fourth-order valence-corrected chi connectivity index (χ4v) is 1.57. The van der Waals surface area contributed by atoms with Crippen molar-refractivity contribution < 1.29 is 4.79 Å². The number of nitrogens with zero attached hydrogens (tertiary/aromatic N) is 1. The average Bonchev–Trinajstić information content (AvgIpc) is 2.08. The first-order valence-electron chi connectivity index (χ1n) is 4.91. The number of hydrogen-bond acceptors (Lipinski definition) is 3. The molecule has 0 aliphatic carbocycles. The van der Waals surface area contributed by atoms with Crippen LogP contribution >= 0.6 is 0 Å². The minimum atomic E-state index is 0.0497. The van der Waals surface area contributed by atoms with E-state index in [4.69, 9.17) is 5.73 Å². The average molecular weight is 185 g/mol. The molecule has 76 valence electrons. The summed E-state index contributed by atoms with van der Waals surface area (Å²) >= 11 is 0. The summed E-state index contributed by atoms with van der Waals surface area (Å²) in [5, 5.41) is 2.79. The van der Waals surface area contributed by atoms with Crippen molar-refractivity contribution in [1.82, 2.24) is 10.2 Å². The molecule has 1 saturated heterocycles. The molecule has 4 nitrogen and oxygen atoms in total. The molecule has 0 bridgehead atoms. The largest absolute Gasteiger partial charge is 0.355 e. The van der Waals surface area contributed by atoms with Crippen LogP contribution in [0.1, 0.15) is 19.8 Å². The third kappa shape index (κ3) is 4.24. The van der Waals surface area contributed by atoms with Gasteiger partial charge in [-0.15, -0.1) is 0 Å². The SMILES string of the molecule is CC(=O)NCCN1CCC(N)CC1. The molecule has 0 spiro atoms. The summed E-state index contributed by atoms with van der Waals surface area (Å²) in [5.41, 5.74) is 5.78. The summed E-state index contributed by atoms with van der Waals surface area (Å²) in [6.07, 6.45) is 2.17. The number of nitrogens with two attached hydrogens (primary N) is 1. The maximum absolute atomic E-state index is 10.6. The Balaban J connectivity index is 2.05. The monoisotopic (exact) mass is 185 g/mol. The molecule has 0 unspecified atom stereocenters. The molecule has 0 aromatic rings. The zero-order valence-corrected chi connectivity index (χ0v) is 8.25. The Labute approximate surface area is 79.5 Å². The summed E-state index contributed by atoms with van der Waals surface area (Å²) in [7, 11) is 0. The van der Waals surface area contributed by atoms with Gasteiger partial charge in [0.05, 0.1) is 0 Å². The van der Waals surface area contributed by atoms with Crippen LogP contribution in [0, 0.1) is 0 Å². The lowest BCUT2D eigenvalue weighted by atomic mass is 10.1. The second kappa shape index (κ2) is 5.19. The maximum atomic E-state index is 10.6. The molecule has 1 amide bonds. The highest BCUT2D eigenvalue weighted by Gasteiger charge is 2.14. The molecule has 1 heterocycles. The first kappa shape index (κ1) is 10.5. The lowest BCUT2D eigenvalue weighted by Gasteiger charge is -2.29. The lowest BCUT2D eigenvalue weighted by molar-refractivity contribution is -0.119. The molecule has 0 radical (unpaired) electrons. The molecule has 13 heavy (non-hydrogen) atoms. The van der Waals surface area contributed by atoms with Crippen LogP contribution in [0.5, 0.6) is 0 Å². The van der Waals surface area contributed by atoms with Crippen molar-refractivity contribution >= 4 is 5.91 Å². The highest BCUT2D eigenvalue weighted by Crippen LogP contribution is 2.06. The second-order valence-electron chi connectivity index (χ2n) is 3.66. The molecule has 1 aliphatic heterocycles. The number of likely N-dealkylation sites (tertiary alicyclic amines) is 1. The zero-order chi connectivity index (χ0) is 9.68. The fourth-order valence-electron chi connectivity index (χ4n) is 1.57. The third-order valence-corrected chi connectivity index (χ3v) is 2.43. The molecule has 3 N–H and O–H groups in total. The van der Waals surface area contributed by atoms with Gasteiger partial charge in [0.1, 0.15) is 0 Å². The molecule has 1 fully saturated rings. The number of nitrogens with one attached hydrogen (secondary N) is 1. The highest BCUT2D eigenvalue weighted by atomic mass is 16.1. The topological polar surface area (TPSA) is 58.4 Å². The maximum Gasteiger partial charge on any atom is 0.216 e. The summed E-state index contributed by atoms with van der Waals surface area (Å²) in [4.78, 5) is 12.9. The first-order chi connectivity index (χ1) is 6.18. The number of carbonyl (C=O) groups is 1. The van der Waals surface area contributed by atoms with Crippen molar-refractivity contribution in [2.75, 3.05) is 26.2 Å². The predicted octanol–water partition coefficient (Wildman–Crippen LogP) is -0.454. The van der Waals surface area contributed by atoms with Crippen molar-refractivity contribution in [2.45, 2.75) is 25.8 Å². The van der Waals surface area contributed by atoms with E-state index in [-0.39, 0.29) is 5.91 Å². The molecule has 0 saturated carbocycles. The smallest absolute Gasteiger partial charge is 0.216 e. The van der Waals surface area contributed by atoms with E-state index in [0.29, 0.717) is 6.04 Å². The van der Waals surface area contributed by atoms with Crippen LogP contribution in [0.15, 0.2) is 0 Å². The number of rotatable bonds is 3.